The van der Waals surface area contributed by atoms with Crippen molar-refractivity contribution in [3.05, 3.63) is 35.9 Å². The second kappa shape index (κ2) is 11.2. The number of benzene rings is 1. The first-order valence-electron chi connectivity index (χ1n) is 11.7. The lowest BCUT2D eigenvalue weighted by molar-refractivity contribution is -0.128. The molecule has 0 bridgehead atoms. The molecule has 1 N–H and O–H groups in total. The van der Waals surface area contributed by atoms with Gasteiger partial charge in [0.15, 0.2) is 0 Å². The number of piperidine rings is 1. The van der Waals surface area contributed by atoms with E-state index in [0.29, 0.717) is 12.5 Å². The number of carbonyl (C=O) groups is 1. The van der Waals surface area contributed by atoms with E-state index in [-0.39, 0.29) is 17.9 Å². The predicted octanol–water partition coefficient (Wildman–Crippen LogP) is 1.79. The van der Waals surface area contributed by atoms with Crippen LogP contribution in [0.1, 0.15) is 24.8 Å². The fourth-order valence-electron chi connectivity index (χ4n) is 5.05. The molecule has 0 spiro atoms. The van der Waals surface area contributed by atoms with Crippen molar-refractivity contribution in [2.45, 2.75) is 31.8 Å². The molecule has 3 saturated heterocycles. The standard InChI is InChI=1S/C24H37N3O3/c28-24(25-16-23-7-4-12-30-23)22-15-21(17-26-10-13-29-14-11-26)18-27(19-22)9-8-20-5-2-1-3-6-20/h1-3,5-6,21-23H,4,7-19H2,(H,25,28)/t21-,22-,23+/m1/s1. The Labute approximate surface area is 180 Å². The van der Waals surface area contributed by atoms with Crippen LogP contribution < -0.4 is 5.32 Å². The van der Waals surface area contributed by atoms with Crippen LogP contribution in [-0.4, -0.2) is 87.4 Å². The van der Waals surface area contributed by atoms with E-state index in [0.717, 1.165) is 84.8 Å². The maximum Gasteiger partial charge on any atom is 0.224 e. The molecule has 3 aliphatic heterocycles. The number of rotatable bonds is 8. The number of nitrogens with one attached hydrogen (secondary N) is 1. The Bertz CT molecular complexity index is 644. The van der Waals surface area contributed by atoms with Gasteiger partial charge in [0.1, 0.15) is 0 Å². The highest BCUT2D eigenvalue weighted by molar-refractivity contribution is 5.79. The third kappa shape index (κ3) is 6.51. The first kappa shape index (κ1) is 21.8. The summed E-state index contributed by atoms with van der Waals surface area (Å²) in [5, 5.41) is 3.19. The highest BCUT2D eigenvalue weighted by Gasteiger charge is 2.33. The molecule has 0 unspecified atom stereocenters. The van der Waals surface area contributed by atoms with Crippen LogP contribution in [0.5, 0.6) is 0 Å². The van der Waals surface area contributed by atoms with Crippen LogP contribution in [-0.2, 0) is 20.7 Å². The monoisotopic (exact) mass is 415 g/mol. The molecule has 0 aliphatic carbocycles. The van der Waals surface area contributed by atoms with Gasteiger partial charge in [-0.2, -0.15) is 0 Å². The molecule has 0 aromatic heterocycles. The number of hydrogen-bond acceptors (Lipinski definition) is 5. The predicted molar refractivity (Wildman–Crippen MR) is 117 cm³/mol. The van der Waals surface area contributed by atoms with Gasteiger partial charge in [-0.3, -0.25) is 9.69 Å². The molecular weight excluding hydrogens is 378 g/mol. The molecule has 166 valence electrons. The van der Waals surface area contributed by atoms with Crippen LogP contribution in [0.25, 0.3) is 0 Å². The van der Waals surface area contributed by atoms with Crippen molar-refractivity contribution in [1.29, 1.82) is 0 Å². The summed E-state index contributed by atoms with van der Waals surface area (Å²) in [6.07, 6.45) is 4.40. The lowest BCUT2D eigenvalue weighted by Crippen LogP contribution is -2.51. The first-order valence-corrected chi connectivity index (χ1v) is 11.7. The molecule has 30 heavy (non-hydrogen) atoms. The Morgan fingerprint density at radius 1 is 1.07 bits per heavy atom. The lowest BCUT2D eigenvalue weighted by Gasteiger charge is -2.40. The normalized spacial score (nSPS) is 28.5. The van der Waals surface area contributed by atoms with E-state index in [1.807, 2.05) is 0 Å². The molecule has 3 heterocycles. The summed E-state index contributed by atoms with van der Waals surface area (Å²) in [7, 11) is 0. The van der Waals surface area contributed by atoms with E-state index < -0.39 is 0 Å². The molecule has 1 aromatic rings. The average molecular weight is 416 g/mol. The summed E-state index contributed by atoms with van der Waals surface area (Å²) < 4.78 is 11.2. The molecule has 0 radical (unpaired) electrons. The lowest BCUT2D eigenvalue weighted by atomic mass is 9.87. The molecule has 4 rings (SSSR count). The van der Waals surface area contributed by atoms with Crippen molar-refractivity contribution in [3.63, 3.8) is 0 Å². The summed E-state index contributed by atoms with van der Waals surface area (Å²) in [6.45, 7) is 9.20. The smallest absolute Gasteiger partial charge is 0.224 e. The van der Waals surface area contributed by atoms with Crippen molar-refractivity contribution in [2.75, 3.05) is 65.6 Å². The highest BCUT2D eigenvalue weighted by atomic mass is 16.5. The Kier molecular flexibility index (Phi) is 8.15. The Hall–Kier alpha value is -1.47. The Morgan fingerprint density at radius 3 is 2.67 bits per heavy atom. The van der Waals surface area contributed by atoms with Gasteiger partial charge in [-0.25, -0.2) is 0 Å². The number of amides is 1. The maximum absolute atomic E-state index is 13.0. The van der Waals surface area contributed by atoms with Gasteiger partial charge in [-0.15, -0.1) is 0 Å². The van der Waals surface area contributed by atoms with Crippen LogP contribution in [0.2, 0.25) is 0 Å². The topological polar surface area (TPSA) is 54.0 Å². The molecular formula is C24H37N3O3. The van der Waals surface area contributed by atoms with E-state index in [2.05, 4.69) is 45.4 Å². The van der Waals surface area contributed by atoms with Gasteiger partial charge in [0, 0.05) is 52.4 Å². The minimum absolute atomic E-state index is 0.0713. The largest absolute Gasteiger partial charge is 0.379 e. The van der Waals surface area contributed by atoms with E-state index in [1.165, 1.54) is 5.56 Å². The Morgan fingerprint density at radius 2 is 1.90 bits per heavy atom. The summed E-state index contributed by atoms with van der Waals surface area (Å²) >= 11 is 0. The van der Waals surface area contributed by atoms with Crippen LogP contribution in [0.4, 0.5) is 0 Å². The molecule has 0 saturated carbocycles. The van der Waals surface area contributed by atoms with E-state index >= 15 is 0 Å². The second-order valence-electron chi connectivity index (χ2n) is 9.09. The van der Waals surface area contributed by atoms with Crippen LogP contribution in [0, 0.1) is 11.8 Å². The molecule has 1 amide bonds. The van der Waals surface area contributed by atoms with Gasteiger partial charge in [-0.05, 0) is 37.2 Å². The van der Waals surface area contributed by atoms with Gasteiger partial charge >= 0.3 is 0 Å². The summed E-state index contributed by atoms with van der Waals surface area (Å²) in [5.41, 5.74) is 1.37. The van der Waals surface area contributed by atoms with Crippen molar-refractivity contribution in [2.24, 2.45) is 11.8 Å². The summed E-state index contributed by atoms with van der Waals surface area (Å²) in [6, 6.07) is 10.7. The van der Waals surface area contributed by atoms with Gasteiger partial charge in [-0.1, -0.05) is 30.3 Å². The average Bonchev–Trinajstić information content (AvgIpc) is 3.31. The molecule has 6 nitrogen and oxygen atoms in total. The van der Waals surface area contributed by atoms with E-state index in [9.17, 15) is 4.79 Å². The van der Waals surface area contributed by atoms with Crippen molar-refractivity contribution in [1.82, 2.24) is 15.1 Å². The van der Waals surface area contributed by atoms with Crippen molar-refractivity contribution in [3.8, 4) is 0 Å². The number of ether oxygens (including phenoxy) is 2. The first-order chi connectivity index (χ1) is 14.8. The molecule has 3 aliphatic rings. The summed E-state index contributed by atoms with van der Waals surface area (Å²) in [5.74, 6) is 0.815. The van der Waals surface area contributed by atoms with E-state index in [1.54, 1.807) is 0 Å². The number of likely N-dealkylation sites (tertiary alicyclic amines) is 1. The second-order valence-corrected chi connectivity index (χ2v) is 9.09. The molecule has 6 heteroatoms. The van der Waals surface area contributed by atoms with Crippen molar-refractivity contribution >= 4 is 5.91 Å². The zero-order valence-corrected chi connectivity index (χ0v) is 18.1. The zero-order valence-electron chi connectivity index (χ0n) is 18.1. The minimum atomic E-state index is 0.0713. The third-order valence-corrected chi connectivity index (χ3v) is 6.69. The SMILES string of the molecule is O=C(NC[C@@H]1CCCO1)[C@@H]1C[C@H](CN2CCOCC2)CN(CCc2ccccc2)C1. The molecule has 3 atom stereocenters. The minimum Gasteiger partial charge on any atom is -0.379 e. The highest BCUT2D eigenvalue weighted by Crippen LogP contribution is 2.24. The van der Waals surface area contributed by atoms with E-state index in [4.69, 9.17) is 9.47 Å². The third-order valence-electron chi connectivity index (χ3n) is 6.69. The van der Waals surface area contributed by atoms with Crippen LogP contribution >= 0.6 is 0 Å². The van der Waals surface area contributed by atoms with Gasteiger partial charge in [0.2, 0.25) is 5.91 Å². The van der Waals surface area contributed by atoms with Gasteiger partial charge < -0.3 is 19.7 Å². The number of morpholine rings is 1. The van der Waals surface area contributed by atoms with Gasteiger partial charge in [0.25, 0.3) is 0 Å². The number of hydrogen-bond donors (Lipinski definition) is 1. The van der Waals surface area contributed by atoms with Crippen molar-refractivity contribution < 1.29 is 14.3 Å². The quantitative estimate of drug-likeness (QED) is 0.702. The zero-order chi connectivity index (χ0) is 20.6. The fourth-order valence-corrected chi connectivity index (χ4v) is 5.05. The maximum atomic E-state index is 13.0. The molecule has 1 aromatic carbocycles. The van der Waals surface area contributed by atoms with Crippen LogP contribution in [0.15, 0.2) is 30.3 Å². The Balaban J connectivity index is 1.33. The molecule has 3 fully saturated rings. The number of carbonyl (C=O) groups excluding carboxylic acids is 1. The number of nitrogens with zero attached hydrogens (tertiary/aromatic N) is 2. The van der Waals surface area contributed by atoms with Crippen LogP contribution in [0.3, 0.4) is 0 Å². The summed E-state index contributed by atoms with van der Waals surface area (Å²) in [4.78, 5) is 18.0. The van der Waals surface area contributed by atoms with Gasteiger partial charge in [0.05, 0.1) is 25.2 Å². The fraction of sp³-hybridized carbons (Fsp3) is 0.708.